The lowest BCUT2D eigenvalue weighted by atomic mass is 10.4. The van der Waals surface area contributed by atoms with E-state index >= 15 is 0 Å². The van der Waals surface area contributed by atoms with E-state index in [1.54, 1.807) is 0 Å². The highest BCUT2D eigenvalue weighted by molar-refractivity contribution is 6.53. The lowest BCUT2D eigenvalue weighted by molar-refractivity contribution is -0.119. The fraction of sp³-hybridized carbons (Fsp3) is 0.714. The molecule has 0 saturated carbocycles. The van der Waals surface area contributed by atoms with E-state index in [1.807, 2.05) is 0 Å². The molecule has 2 N–H and O–H groups in total. The number of carbonyl (C=O) groups excluding carboxylic acids is 2. The molecule has 0 fully saturated rings. The van der Waals surface area contributed by atoms with Gasteiger partial charge >= 0.3 is 0 Å². The zero-order valence-corrected chi connectivity index (χ0v) is 10.6. The molecule has 0 radical (unpaired) electrons. The Labute approximate surface area is 108 Å². The largest absolute Gasteiger partial charge is 0.354 e. The second kappa shape index (κ2) is 8.28. The first-order valence-corrected chi connectivity index (χ1v) is 5.81. The molecule has 0 aliphatic carbocycles. The van der Waals surface area contributed by atoms with Gasteiger partial charge in [0, 0.05) is 13.1 Å². The standard InChI is InChI=1S/C7H10Cl4N2O2/c8-4(9)6(14)12-2-1-3-13-7(15)5(10)11/h4-5H,1-3H2,(H,12,14)(H,13,15). The molecular formula is C7H10Cl4N2O2. The summed E-state index contributed by atoms with van der Waals surface area (Å²) < 4.78 is 0. The number of hydrogen-bond acceptors (Lipinski definition) is 2. The Kier molecular flexibility index (Phi) is 8.33. The predicted molar refractivity (Wildman–Crippen MR) is 61.6 cm³/mol. The van der Waals surface area contributed by atoms with Crippen molar-refractivity contribution in [3.8, 4) is 0 Å². The average molecular weight is 296 g/mol. The van der Waals surface area contributed by atoms with Crippen molar-refractivity contribution in [2.45, 2.75) is 16.1 Å². The van der Waals surface area contributed by atoms with Crippen LogP contribution in [0.25, 0.3) is 0 Å². The summed E-state index contributed by atoms with van der Waals surface area (Å²) in [5, 5.41) is 4.93. The van der Waals surface area contributed by atoms with Gasteiger partial charge in [-0.1, -0.05) is 46.4 Å². The maximum atomic E-state index is 10.8. The molecule has 2 amide bonds. The van der Waals surface area contributed by atoms with Crippen LogP contribution >= 0.6 is 46.4 Å². The van der Waals surface area contributed by atoms with E-state index < -0.39 is 21.5 Å². The third-order valence-corrected chi connectivity index (χ3v) is 2.14. The smallest absolute Gasteiger partial charge is 0.253 e. The molecule has 0 aromatic heterocycles. The fourth-order valence-electron chi connectivity index (χ4n) is 0.666. The van der Waals surface area contributed by atoms with Crippen LogP contribution in [0.1, 0.15) is 6.42 Å². The summed E-state index contributed by atoms with van der Waals surface area (Å²) in [6.45, 7) is 0.731. The molecule has 0 rings (SSSR count). The molecule has 0 saturated heterocycles. The van der Waals surface area contributed by atoms with Crippen LogP contribution in [0, 0.1) is 0 Å². The molecule has 0 aliphatic heterocycles. The maximum Gasteiger partial charge on any atom is 0.253 e. The minimum atomic E-state index is -1.07. The summed E-state index contributed by atoms with van der Waals surface area (Å²) in [5.41, 5.74) is 0. The third-order valence-electron chi connectivity index (χ3n) is 1.35. The normalized spacial score (nSPS) is 10.5. The van der Waals surface area contributed by atoms with Crippen LogP contribution in [-0.4, -0.2) is 34.6 Å². The molecule has 0 bridgehead atoms. The number of hydrogen-bond donors (Lipinski definition) is 2. The zero-order chi connectivity index (χ0) is 11.8. The lowest BCUT2D eigenvalue weighted by Crippen LogP contribution is -2.33. The van der Waals surface area contributed by atoms with Crippen molar-refractivity contribution in [3.63, 3.8) is 0 Å². The highest BCUT2D eigenvalue weighted by Gasteiger charge is 2.11. The number of carbonyl (C=O) groups is 2. The molecular weight excluding hydrogens is 286 g/mol. The van der Waals surface area contributed by atoms with E-state index in [1.165, 1.54) is 0 Å². The summed E-state index contributed by atoms with van der Waals surface area (Å²) in [6, 6.07) is 0. The van der Waals surface area contributed by atoms with Gasteiger partial charge in [-0.3, -0.25) is 9.59 Å². The lowest BCUT2D eigenvalue weighted by Gasteiger charge is -2.07. The summed E-state index contributed by atoms with van der Waals surface area (Å²) >= 11 is 21.1. The topological polar surface area (TPSA) is 58.2 Å². The molecule has 0 aliphatic rings. The summed E-state index contributed by atoms with van der Waals surface area (Å²) in [4.78, 5) is 19.5. The van der Waals surface area contributed by atoms with Gasteiger partial charge in [0.05, 0.1) is 0 Å². The van der Waals surface area contributed by atoms with E-state index in [2.05, 4.69) is 10.6 Å². The van der Waals surface area contributed by atoms with Crippen LogP contribution < -0.4 is 10.6 Å². The minimum absolute atomic E-state index is 0.365. The Morgan fingerprint density at radius 3 is 1.47 bits per heavy atom. The molecule has 0 aromatic rings. The second-order valence-corrected chi connectivity index (χ2v) is 4.73. The number of nitrogens with one attached hydrogen (secondary N) is 2. The summed E-state index contributed by atoms with van der Waals surface area (Å²) in [7, 11) is 0. The van der Waals surface area contributed by atoms with Crippen molar-refractivity contribution < 1.29 is 9.59 Å². The first-order chi connectivity index (χ1) is 6.95. The second-order valence-electron chi connectivity index (χ2n) is 2.54. The molecule has 0 unspecified atom stereocenters. The van der Waals surface area contributed by atoms with E-state index in [9.17, 15) is 9.59 Å². The molecule has 4 nitrogen and oxygen atoms in total. The van der Waals surface area contributed by atoms with Gasteiger partial charge in [0.2, 0.25) is 0 Å². The van der Waals surface area contributed by atoms with Crippen molar-refractivity contribution in [2.24, 2.45) is 0 Å². The Hall–Kier alpha value is 0.1000. The first-order valence-electron chi connectivity index (χ1n) is 4.07. The van der Waals surface area contributed by atoms with Gasteiger partial charge in [-0.15, -0.1) is 0 Å². The van der Waals surface area contributed by atoms with Crippen LogP contribution in [0.2, 0.25) is 0 Å². The van der Waals surface area contributed by atoms with Gasteiger partial charge < -0.3 is 10.6 Å². The van der Waals surface area contributed by atoms with Crippen LogP contribution in [0.3, 0.4) is 0 Å². The SMILES string of the molecule is O=C(NCCCNC(=O)C(Cl)Cl)C(Cl)Cl. The Morgan fingerprint density at radius 2 is 1.20 bits per heavy atom. The monoisotopic (exact) mass is 294 g/mol. The van der Waals surface area contributed by atoms with Crippen LogP contribution in [-0.2, 0) is 9.59 Å². The highest BCUT2D eigenvalue weighted by atomic mass is 35.5. The highest BCUT2D eigenvalue weighted by Crippen LogP contribution is 2.01. The van der Waals surface area contributed by atoms with Crippen LogP contribution in [0.15, 0.2) is 0 Å². The van der Waals surface area contributed by atoms with E-state index in [0.29, 0.717) is 19.5 Å². The Bertz CT molecular complexity index is 201. The Morgan fingerprint density at radius 1 is 0.867 bits per heavy atom. The zero-order valence-electron chi connectivity index (χ0n) is 7.60. The van der Waals surface area contributed by atoms with E-state index in [0.717, 1.165) is 0 Å². The van der Waals surface area contributed by atoms with Crippen molar-refractivity contribution in [1.82, 2.24) is 10.6 Å². The van der Waals surface area contributed by atoms with E-state index in [4.69, 9.17) is 46.4 Å². The first kappa shape index (κ1) is 15.1. The maximum absolute atomic E-state index is 10.8. The molecule has 15 heavy (non-hydrogen) atoms. The van der Waals surface area contributed by atoms with Gasteiger partial charge in [0.25, 0.3) is 11.8 Å². The fourth-order valence-corrected chi connectivity index (χ4v) is 0.974. The quantitative estimate of drug-likeness (QED) is 0.572. The average Bonchev–Trinajstić information content (AvgIpc) is 2.16. The number of rotatable bonds is 6. The third kappa shape index (κ3) is 7.96. The molecule has 0 heterocycles. The van der Waals surface area contributed by atoms with Crippen molar-refractivity contribution in [1.29, 1.82) is 0 Å². The Balaban J connectivity index is 3.40. The van der Waals surface area contributed by atoms with Crippen LogP contribution in [0.5, 0.6) is 0 Å². The van der Waals surface area contributed by atoms with Gasteiger partial charge in [-0.2, -0.15) is 0 Å². The minimum Gasteiger partial charge on any atom is -0.354 e. The van der Waals surface area contributed by atoms with Crippen molar-refractivity contribution >= 4 is 58.2 Å². The molecule has 0 aromatic carbocycles. The molecule has 8 heteroatoms. The van der Waals surface area contributed by atoms with Gasteiger partial charge in [0.1, 0.15) is 0 Å². The summed E-state index contributed by atoms with van der Waals surface area (Å²) in [6.07, 6.45) is 0.540. The van der Waals surface area contributed by atoms with Crippen molar-refractivity contribution in [3.05, 3.63) is 0 Å². The van der Waals surface area contributed by atoms with Gasteiger partial charge in [-0.25, -0.2) is 0 Å². The summed E-state index contributed by atoms with van der Waals surface area (Å²) in [5.74, 6) is -0.922. The predicted octanol–water partition coefficient (Wildman–Crippen LogP) is 1.22. The van der Waals surface area contributed by atoms with Gasteiger partial charge in [0.15, 0.2) is 9.67 Å². The van der Waals surface area contributed by atoms with Crippen molar-refractivity contribution in [2.75, 3.05) is 13.1 Å². The van der Waals surface area contributed by atoms with Gasteiger partial charge in [-0.05, 0) is 6.42 Å². The number of alkyl halides is 4. The van der Waals surface area contributed by atoms with Crippen LogP contribution in [0.4, 0.5) is 0 Å². The number of amides is 2. The van der Waals surface area contributed by atoms with E-state index in [-0.39, 0.29) is 0 Å². The number of halogens is 4. The molecule has 0 atom stereocenters. The molecule has 88 valence electrons. The molecule has 0 spiro atoms.